The number of nitrogens with one attached hydrogen (secondary N) is 1. The molecule has 2 rings (SSSR count). The SMILES string of the molecule is CC(C)c1sc(N[C@H](C)C2CCCCC2)nc1O. The Morgan fingerprint density at radius 1 is 1.22 bits per heavy atom. The van der Waals surface area contributed by atoms with Gasteiger partial charge in [-0.3, -0.25) is 0 Å². The van der Waals surface area contributed by atoms with Crippen molar-refractivity contribution >= 4 is 16.5 Å². The highest BCUT2D eigenvalue weighted by Gasteiger charge is 2.21. The Hall–Kier alpha value is -0.770. The molecule has 1 aliphatic rings. The second-order valence-electron chi connectivity index (χ2n) is 5.69. The number of hydrogen-bond donors (Lipinski definition) is 2. The van der Waals surface area contributed by atoms with Crippen molar-refractivity contribution < 1.29 is 5.11 Å². The summed E-state index contributed by atoms with van der Waals surface area (Å²) in [7, 11) is 0. The average molecular weight is 268 g/mol. The molecule has 0 bridgehead atoms. The average Bonchev–Trinajstić information content (AvgIpc) is 2.71. The van der Waals surface area contributed by atoms with E-state index in [9.17, 15) is 5.11 Å². The van der Waals surface area contributed by atoms with E-state index in [1.807, 2.05) is 0 Å². The van der Waals surface area contributed by atoms with Gasteiger partial charge in [-0.05, 0) is 31.6 Å². The molecule has 102 valence electrons. The van der Waals surface area contributed by atoms with Crippen molar-refractivity contribution in [2.45, 2.75) is 64.8 Å². The van der Waals surface area contributed by atoms with Crippen molar-refractivity contribution in [1.29, 1.82) is 0 Å². The smallest absolute Gasteiger partial charge is 0.227 e. The van der Waals surface area contributed by atoms with Gasteiger partial charge in [-0.2, -0.15) is 4.98 Å². The van der Waals surface area contributed by atoms with Crippen LogP contribution >= 0.6 is 11.3 Å². The fraction of sp³-hybridized carbons (Fsp3) is 0.786. The van der Waals surface area contributed by atoms with Crippen LogP contribution in [-0.2, 0) is 0 Å². The monoisotopic (exact) mass is 268 g/mol. The number of aromatic hydroxyl groups is 1. The Bertz CT molecular complexity index is 383. The molecule has 1 saturated carbocycles. The van der Waals surface area contributed by atoms with Crippen molar-refractivity contribution in [3.05, 3.63) is 4.88 Å². The summed E-state index contributed by atoms with van der Waals surface area (Å²) in [6.07, 6.45) is 6.75. The van der Waals surface area contributed by atoms with Crippen LogP contribution in [0.4, 0.5) is 5.13 Å². The molecule has 0 radical (unpaired) electrons. The second-order valence-corrected chi connectivity index (χ2v) is 6.72. The molecule has 0 spiro atoms. The van der Waals surface area contributed by atoms with Gasteiger partial charge in [0.25, 0.3) is 0 Å². The highest BCUT2D eigenvalue weighted by atomic mass is 32.1. The van der Waals surface area contributed by atoms with Gasteiger partial charge in [0.05, 0.1) is 4.88 Å². The summed E-state index contributed by atoms with van der Waals surface area (Å²) in [5.41, 5.74) is 0. The third kappa shape index (κ3) is 3.16. The van der Waals surface area contributed by atoms with Crippen LogP contribution in [0.5, 0.6) is 5.88 Å². The van der Waals surface area contributed by atoms with Gasteiger partial charge in [0.1, 0.15) is 0 Å². The highest BCUT2D eigenvalue weighted by Crippen LogP contribution is 2.35. The first-order valence-corrected chi connectivity index (χ1v) is 7.85. The summed E-state index contributed by atoms with van der Waals surface area (Å²) in [5.74, 6) is 1.30. The molecule has 2 N–H and O–H groups in total. The van der Waals surface area contributed by atoms with E-state index in [0.29, 0.717) is 12.0 Å². The molecule has 0 saturated heterocycles. The van der Waals surface area contributed by atoms with E-state index in [0.717, 1.165) is 15.9 Å². The molecule has 1 aromatic rings. The minimum absolute atomic E-state index is 0.202. The molecule has 0 aliphatic heterocycles. The van der Waals surface area contributed by atoms with Crippen LogP contribution in [0.2, 0.25) is 0 Å². The molecule has 1 aromatic heterocycles. The summed E-state index contributed by atoms with van der Waals surface area (Å²) in [5, 5.41) is 14.1. The van der Waals surface area contributed by atoms with Crippen molar-refractivity contribution in [2.75, 3.05) is 5.32 Å². The Morgan fingerprint density at radius 2 is 1.89 bits per heavy atom. The fourth-order valence-corrected chi connectivity index (χ4v) is 3.67. The molecular formula is C14H24N2OS. The maximum Gasteiger partial charge on any atom is 0.227 e. The Balaban J connectivity index is 1.97. The predicted octanol–water partition coefficient (Wildman–Crippen LogP) is 4.35. The summed E-state index contributed by atoms with van der Waals surface area (Å²) < 4.78 is 0. The maximum atomic E-state index is 9.78. The van der Waals surface area contributed by atoms with Crippen molar-refractivity contribution in [3.8, 4) is 5.88 Å². The lowest BCUT2D eigenvalue weighted by Crippen LogP contribution is -2.27. The van der Waals surface area contributed by atoms with Gasteiger partial charge in [0.2, 0.25) is 5.88 Å². The molecule has 1 heterocycles. The molecule has 0 amide bonds. The summed E-state index contributed by atoms with van der Waals surface area (Å²) >= 11 is 1.59. The first-order chi connectivity index (χ1) is 8.58. The van der Waals surface area contributed by atoms with Gasteiger partial charge >= 0.3 is 0 Å². The number of hydrogen-bond acceptors (Lipinski definition) is 4. The first kappa shape index (κ1) is 13.7. The van der Waals surface area contributed by atoms with E-state index in [1.165, 1.54) is 32.1 Å². The van der Waals surface area contributed by atoms with Gasteiger partial charge in [-0.25, -0.2) is 0 Å². The van der Waals surface area contributed by atoms with Crippen LogP contribution in [0.1, 0.15) is 63.7 Å². The van der Waals surface area contributed by atoms with Crippen molar-refractivity contribution in [3.63, 3.8) is 0 Å². The van der Waals surface area contributed by atoms with Crippen molar-refractivity contribution in [1.82, 2.24) is 4.98 Å². The van der Waals surface area contributed by atoms with Crippen LogP contribution in [0, 0.1) is 5.92 Å². The van der Waals surface area contributed by atoms with Gasteiger partial charge in [0.15, 0.2) is 5.13 Å². The minimum Gasteiger partial charge on any atom is -0.492 e. The Kier molecular flexibility index (Phi) is 4.49. The molecule has 4 heteroatoms. The maximum absolute atomic E-state index is 9.78. The third-order valence-corrected chi connectivity index (χ3v) is 5.14. The largest absolute Gasteiger partial charge is 0.492 e. The molecule has 0 unspecified atom stereocenters. The van der Waals surface area contributed by atoms with Crippen LogP contribution in [0.25, 0.3) is 0 Å². The number of rotatable bonds is 4. The van der Waals surface area contributed by atoms with Gasteiger partial charge < -0.3 is 10.4 Å². The third-order valence-electron chi connectivity index (χ3n) is 3.87. The molecule has 3 nitrogen and oxygen atoms in total. The topological polar surface area (TPSA) is 45.2 Å². The van der Waals surface area contributed by atoms with E-state index in [2.05, 4.69) is 31.1 Å². The normalized spacial score (nSPS) is 19.1. The van der Waals surface area contributed by atoms with Gasteiger partial charge in [0, 0.05) is 6.04 Å². The summed E-state index contributed by atoms with van der Waals surface area (Å²) in [6.45, 7) is 6.41. The molecule has 18 heavy (non-hydrogen) atoms. The van der Waals surface area contributed by atoms with E-state index in [4.69, 9.17) is 0 Å². The number of nitrogens with zero attached hydrogens (tertiary/aromatic N) is 1. The predicted molar refractivity (Wildman–Crippen MR) is 77.5 cm³/mol. The van der Waals surface area contributed by atoms with E-state index < -0.39 is 0 Å². The van der Waals surface area contributed by atoms with E-state index in [-0.39, 0.29) is 5.88 Å². The molecule has 1 fully saturated rings. The van der Waals surface area contributed by atoms with E-state index in [1.54, 1.807) is 11.3 Å². The van der Waals surface area contributed by atoms with Crippen LogP contribution in [0.3, 0.4) is 0 Å². The summed E-state index contributed by atoms with van der Waals surface area (Å²) in [6, 6.07) is 0.455. The Labute approximate surface area is 114 Å². The zero-order valence-electron chi connectivity index (χ0n) is 11.6. The minimum atomic E-state index is 0.202. The first-order valence-electron chi connectivity index (χ1n) is 7.04. The van der Waals surface area contributed by atoms with Crippen LogP contribution in [0.15, 0.2) is 0 Å². The van der Waals surface area contributed by atoms with Gasteiger partial charge in [-0.1, -0.05) is 44.4 Å². The van der Waals surface area contributed by atoms with Crippen LogP contribution < -0.4 is 5.32 Å². The molecule has 1 atom stereocenters. The number of aromatic nitrogens is 1. The highest BCUT2D eigenvalue weighted by molar-refractivity contribution is 7.16. The number of thiazole rings is 1. The zero-order chi connectivity index (χ0) is 13.1. The number of anilines is 1. The summed E-state index contributed by atoms with van der Waals surface area (Å²) in [4.78, 5) is 5.21. The Morgan fingerprint density at radius 3 is 2.44 bits per heavy atom. The lowest BCUT2D eigenvalue weighted by molar-refractivity contribution is 0.328. The standard InChI is InChI=1S/C14H24N2OS/c1-9(2)12-13(17)16-14(18-12)15-10(3)11-7-5-4-6-8-11/h9-11,17H,4-8H2,1-3H3,(H,15,16)/t10-/m1/s1. The molecule has 0 aromatic carbocycles. The lowest BCUT2D eigenvalue weighted by Gasteiger charge is -2.28. The van der Waals surface area contributed by atoms with E-state index >= 15 is 0 Å². The fourth-order valence-electron chi connectivity index (χ4n) is 2.71. The molecular weight excluding hydrogens is 244 g/mol. The van der Waals surface area contributed by atoms with Crippen LogP contribution in [-0.4, -0.2) is 16.1 Å². The molecule has 1 aliphatic carbocycles. The zero-order valence-corrected chi connectivity index (χ0v) is 12.4. The van der Waals surface area contributed by atoms with Crippen molar-refractivity contribution in [2.24, 2.45) is 5.92 Å². The van der Waals surface area contributed by atoms with Gasteiger partial charge in [-0.15, -0.1) is 0 Å². The lowest BCUT2D eigenvalue weighted by atomic mass is 9.85. The second kappa shape index (κ2) is 5.91. The quantitative estimate of drug-likeness (QED) is 0.853.